The predicted octanol–water partition coefficient (Wildman–Crippen LogP) is 4.52. The lowest BCUT2D eigenvalue weighted by Gasteiger charge is -2.18. The highest BCUT2D eigenvalue weighted by atomic mass is 16.5. The summed E-state index contributed by atoms with van der Waals surface area (Å²) >= 11 is 0. The van der Waals surface area contributed by atoms with Crippen molar-refractivity contribution in [3.63, 3.8) is 0 Å². The van der Waals surface area contributed by atoms with Crippen LogP contribution in [0.15, 0.2) is 54.6 Å². The van der Waals surface area contributed by atoms with Gasteiger partial charge in [0.05, 0.1) is 33.3 Å². The molecule has 3 aromatic rings. The van der Waals surface area contributed by atoms with E-state index >= 15 is 0 Å². The third-order valence-corrected chi connectivity index (χ3v) is 4.30. The summed E-state index contributed by atoms with van der Waals surface area (Å²) in [6.45, 7) is 0. The van der Waals surface area contributed by atoms with E-state index in [1.54, 1.807) is 21.3 Å². The zero-order valence-corrected chi connectivity index (χ0v) is 14.4. The molecule has 1 atom stereocenters. The predicted molar refractivity (Wildman–Crippen MR) is 97.5 cm³/mol. The quantitative estimate of drug-likeness (QED) is 0.689. The lowest BCUT2D eigenvalue weighted by atomic mass is 9.89. The van der Waals surface area contributed by atoms with E-state index in [0.717, 1.165) is 33.4 Å². The van der Waals surface area contributed by atoms with Crippen LogP contribution in [0.5, 0.6) is 17.2 Å². The van der Waals surface area contributed by atoms with Crippen LogP contribution in [-0.4, -0.2) is 21.3 Å². The zero-order valence-electron chi connectivity index (χ0n) is 14.4. The van der Waals surface area contributed by atoms with Gasteiger partial charge in [-0.25, -0.2) is 0 Å². The summed E-state index contributed by atoms with van der Waals surface area (Å²) in [5.74, 6) is 1.70. The van der Waals surface area contributed by atoms with Gasteiger partial charge in [0, 0.05) is 16.3 Å². The van der Waals surface area contributed by atoms with Crippen LogP contribution in [0.4, 0.5) is 0 Å². The van der Waals surface area contributed by atoms with Gasteiger partial charge in [0.1, 0.15) is 17.2 Å². The SMILES string of the molecule is COc1ccc(C(C#N)c2cc(OC)c3ccccc3c2OC)cc1. The van der Waals surface area contributed by atoms with Gasteiger partial charge in [-0.2, -0.15) is 5.26 Å². The Morgan fingerprint density at radius 3 is 2.08 bits per heavy atom. The van der Waals surface area contributed by atoms with Gasteiger partial charge in [-0.1, -0.05) is 36.4 Å². The van der Waals surface area contributed by atoms with Gasteiger partial charge in [-0.15, -0.1) is 0 Å². The van der Waals surface area contributed by atoms with E-state index in [4.69, 9.17) is 14.2 Å². The van der Waals surface area contributed by atoms with Crippen molar-refractivity contribution in [2.24, 2.45) is 0 Å². The Balaban J connectivity index is 2.22. The number of ether oxygens (including phenoxy) is 3. The fourth-order valence-corrected chi connectivity index (χ4v) is 3.07. The summed E-state index contributed by atoms with van der Waals surface area (Å²) in [5.41, 5.74) is 1.66. The number of hydrogen-bond acceptors (Lipinski definition) is 4. The Morgan fingerprint density at radius 2 is 1.52 bits per heavy atom. The first-order valence-electron chi connectivity index (χ1n) is 7.90. The first-order valence-corrected chi connectivity index (χ1v) is 7.90. The zero-order chi connectivity index (χ0) is 17.8. The largest absolute Gasteiger partial charge is 0.497 e. The minimum absolute atomic E-state index is 0.473. The Hall–Kier alpha value is -3.19. The molecular weight excluding hydrogens is 314 g/mol. The van der Waals surface area contributed by atoms with E-state index < -0.39 is 5.92 Å². The Kier molecular flexibility index (Phi) is 4.76. The van der Waals surface area contributed by atoms with E-state index in [1.807, 2.05) is 54.6 Å². The third kappa shape index (κ3) is 2.97. The highest BCUT2D eigenvalue weighted by Gasteiger charge is 2.22. The molecule has 0 aromatic heterocycles. The molecular formula is C21H19NO3. The van der Waals surface area contributed by atoms with Crippen molar-refractivity contribution in [3.05, 3.63) is 65.7 Å². The first kappa shape index (κ1) is 16.7. The number of hydrogen-bond donors (Lipinski definition) is 0. The molecule has 3 rings (SSSR count). The molecule has 0 saturated carbocycles. The van der Waals surface area contributed by atoms with Crippen LogP contribution in [0, 0.1) is 11.3 Å². The minimum atomic E-state index is -0.473. The van der Waals surface area contributed by atoms with Crippen LogP contribution in [0.1, 0.15) is 17.0 Å². The molecule has 0 saturated heterocycles. The van der Waals surface area contributed by atoms with E-state index in [9.17, 15) is 5.26 Å². The van der Waals surface area contributed by atoms with Gasteiger partial charge in [0.2, 0.25) is 0 Å². The van der Waals surface area contributed by atoms with Gasteiger partial charge in [0.15, 0.2) is 0 Å². The van der Waals surface area contributed by atoms with Crippen LogP contribution in [0.3, 0.4) is 0 Å². The lowest BCUT2D eigenvalue weighted by molar-refractivity contribution is 0.406. The summed E-state index contributed by atoms with van der Waals surface area (Å²) in [4.78, 5) is 0. The molecule has 0 radical (unpaired) electrons. The van der Waals surface area contributed by atoms with E-state index in [1.165, 1.54) is 0 Å². The first-order chi connectivity index (χ1) is 12.2. The maximum absolute atomic E-state index is 9.84. The van der Waals surface area contributed by atoms with Crippen LogP contribution in [-0.2, 0) is 0 Å². The molecule has 0 amide bonds. The molecule has 1 unspecified atom stereocenters. The number of benzene rings is 3. The number of nitriles is 1. The molecule has 0 bridgehead atoms. The average molecular weight is 333 g/mol. The maximum atomic E-state index is 9.84. The second-order valence-electron chi connectivity index (χ2n) is 5.58. The molecule has 4 heteroatoms. The second-order valence-corrected chi connectivity index (χ2v) is 5.58. The molecule has 0 aliphatic carbocycles. The summed E-state index contributed by atoms with van der Waals surface area (Å²) in [6, 6.07) is 19.6. The summed E-state index contributed by atoms with van der Waals surface area (Å²) < 4.78 is 16.4. The van der Waals surface area contributed by atoms with Crippen molar-refractivity contribution < 1.29 is 14.2 Å². The molecule has 3 aromatic carbocycles. The molecule has 4 nitrogen and oxygen atoms in total. The highest BCUT2D eigenvalue weighted by molar-refractivity contribution is 5.95. The van der Waals surface area contributed by atoms with Crippen molar-refractivity contribution in [3.8, 4) is 23.3 Å². The highest BCUT2D eigenvalue weighted by Crippen LogP contribution is 2.41. The fourth-order valence-electron chi connectivity index (χ4n) is 3.07. The second kappa shape index (κ2) is 7.14. The fraction of sp³-hybridized carbons (Fsp3) is 0.190. The Bertz CT molecular complexity index is 926. The van der Waals surface area contributed by atoms with Gasteiger partial charge < -0.3 is 14.2 Å². The standard InChI is InChI=1S/C21H19NO3/c1-23-15-10-8-14(9-11-15)19(13-22)18-12-20(24-2)16-6-4-5-7-17(16)21(18)25-3/h4-12,19H,1-3H3. The van der Waals surface area contributed by atoms with Gasteiger partial charge in [-0.05, 0) is 23.8 Å². The van der Waals surface area contributed by atoms with Crippen LogP contribution in [0.25, 0.3) is 10.8 Å². The Morgan fingerprint density at radius 1 is 0.840 bits per heavy atom. The summed E-state index contributed by atoms with van der Waals surface area (Å²) in [5, 5.41) is 11.7. The number of methoxy groups -OCH3 is 3. The van der Waals surface area contributed by atoms with E-state index in [0.29, 0.717) is 5.75 Å². The van der Waals surface area contributed by atoms with E-state index in [-0.39, 0.29) is 0 Å². The number of nitrogens with zero attached hydrogens (tertiary/aromatic N) is 1. The average Bonchev–Trinajstić information content (AvgIpc) is 2.68. The molecule has 0 spiro atoms. The normalized spacial score (nSPS) is 11.6. The Labute approximate surface area is 147 Å². The number of fused-ring (bicyclic) bond motifs is 1. The van der Waals surface area contributed by atoms with Crippen molar-refractivity contribution >= 4 is 10.8 Å². The lowest BCUT2D eigenvalue weighted by Crippen LogP contribution is -2.03. The summed E-state index contributed by atoms with van der Waals surface area (Å²) in [6.07, 6.45) is 0. The molecule has 126 valence electrons. The van der Waals surface area contributed by atoms with Crippen molar-refractivity contribution in [1.82, 2.24) is 0 Å². The number of rotatable bonds is 5. The van der Waals surface area contributed by atoms with Gasteiger partial charge in [0.25, 0.3) is 0 Å². The van der Waals surface area contributed by atoms with Crippen molar-refractivity contribution in [2.45, 2.75) is 5.92 Å². The summed E-state index contributed by atoms with van der Waals surface area (Å²) in [7, 11) is 4.88. The molecule has 0 fully saturated rings. The molecule has 0 heterocycles. The van der Waals surface area contributed by atoms with Crippen molar-refractivity contribution in [2.75, 3.05) is 21.3 Å². The van der Waals surface area contributed by atoms with Crippen LogP contribution in [0.2, 0.25) is 0 Å². The maximum Gasteiger partial charge on any atom is 0.131 e. The smallest absolute Gasteiger partial charge is 0.131 e. The van der Waals surface area contributed by atoms with Gasteiger partial charge >= 0.3 is 0 Å². The van der Waals surface area contributed by atoms with Crippen LogP contribution < -0.4 is 14.2 Å². The van der Waals surface area contributed by atoms with E-state index in [2.05, 4.69) is 6.07 Å². The van der Waals surface area contributed by atoms with Crippen molar-refractivity contribution in [1.29, 1.82) is 5.26 Å². The molecule has 0 aliphatic rings. The topological polar surface area (TPSA) is 51.5 Å². The minimum Gasteiger partial charge on any atom is -0.497 e. The van der Waals surface area contributed by atoms with Crippen LogP contribution >= 0.6 is 0 Å². The third-order valence-electron chi connectivity index (χ3n) is 4.30. The van der Waals surface area contributed by atoms with Gasteiger partial charge in [-0.3, -0.25) is 0 Å². The monoisotopic (exact) mass is 333 g/mol. The molecule has 0 N–H and O–H groups in total. The molecule has 25 heavy (non-hydrogen) atoms. The molecule has 0 aliphatic heterocycles.